The molecule has 0 aliphatic carbocycles. The van der Waals surface area contributed by atoms with E-state index in [9.17, 15) is 4.79 Å². The molecule has 0 saturated heterocycles. The molecule has 0 aromatic carbocycles. The molecule has 0 fully saturated rings. The molecule has 0 rings (SSSR count). The quantitative estimate of drug-likeness (QED) is 0.379. The van der Waals surface area contributed by atoms with E-state index < -0.39 is 5.97 Å². The molecule has 1 N–H and O–H groups in total. The van der Waals surface area contributed by atoms with Crippen molar-refractivity contribution in [2.24, 2.45) is 5.16 Å². The number of halogens is 1. The lowest BCUT2D eigenvalue weighted by Gasteiger charge is -1.87. The summed E-state index contributed by atoms with van der Waals surface area (Å²) in [5.41, 5.74) is 1.26. The summed E-state index contributed by atoms with van der Waals surface area (Å²) >= 11 is 5.11. The first-order valence-corrected chi connectivity index (χ1v) is 2.84. The number of hydrogen-bond donors (Lipinski definition) is 1. The second-order valence-corrected chi connectivity index (χ2v) is 1.48. The van der Waals surface area contributed by atoms with E-state index in [0.717, 1.165) is 0 Å². The highest BCUT2D eigenvalue weighted by molar-refractivity contribution is 6.25. The maximum Gasteiger partial charge on any atom is 0.350 e. The summed E-state index contributed by atoms with van der Waals surface area (Å²) in [6.07, 6.45) is 2.14. The highest BCUT2D eigenvalue weighted by atomic mass is 35.5. The Kier molecular flexibility index (Phi) is 5.47. The van der Waals surface area contributed by atoms with Crippen LogP contribution in [0.2, 0.25) is 0 Å². The van der Waals surface area contributed by atoms with Crippen LogP contribution in [-0.2, 0) is 9.63 Å². The number of nitrogens with zero attached hydrogens (tertiary/aromatic N) is 1. The number of oxime groups is 1. The molecule has 0 spiro atoms. The zero-order chi connectivity index (χ0) is 7.82. The zero-order valence-electron chi connectivity index (χ0n) is 5.03. The second kappa shape index (κ2) is 6.10. The van der Waals surface area contributed by atoms with Gasteiger partial charge in [-0.25, -0.2) is 4.79 Å². The first-order valence-electron chi connectivity index (χ1n) is 2.41. The fourth-order valence-electron chi connectivity index (χ4n) is 0.205. The smallest absolute Gasteiger partial charge is 0.350 e. The topological polar surface area (TPSA) is 58.9 Å². The first kappa shape index (κ1) is 8.97. The maximum atomic E-state index is 9.76. The Labute approximate surface area is 62.7 Å². The number of aliphatic carboxylic acids is 1. The van der Waals surface area contributed by atoms with Crippen molar-refractivity contribution in [3.05, 3.63) is 11.6 Å². The molecule has 56 valence electrons. The van der Waals surface area contributed by atoms with Crippen LogP contribution < -0.4 is 0 Å². The summed E-state index contributed by atoms with van der Waals surface area (Å²) in [7, 11) is 0. The molecule has 5 heteroatoms. The zero-order valence-corrected chi connectivity index (χ0v) is 5.78. The van der Waals surface area contributed by atoms with E-state index in [1.165, 1.54) is 11.6 Å². The fraction of sp³-hybridized carbons (Fsp3) is 0.200. The van der Waals surface area contributed by atoms with Crippen LogP contribution in [0.25, 0.3) is 0 Å². The van der Waals surface area contributed by atoms with Gasteiger partial charge in [0.05, 0.1) is 0 Å². The molecule has 0 saturated carbocycles. The largest absolute Gasteiger partial charge is 0.477 e. The molecular weight excluding hydrogens is 158 g/mol. The highest BCUT2D eigenvalue weighted by Gasteiger charge is 1.84. The van der Waals surface area contributed by atoms with Crippen molar-refractivity contribution in [1.82, 2.24) is 0 Å². The Balaban J connectivity index is 3.27. The van der Waals surface area contributed by atoms with Crippen molar-refractivity contribution in [3.63, 3.8) is 0 Å². The predicted molar refractivity (Wildman–Crippen MR) is 37.1 cm³/mol. The van der Waals surface area contributed by atoms with Gasteiger partial charge in [0.1, 0.15) is 6.61 Å². The lowest BCUT2D eigenvalue weighted by Crippen LogP contribution is -1.95. The van der Waals surface area contributed by atoms with Crippen LogP contribution >= 0.6 is 11.6 Å². The van der Waals surface area contributed by atoms with Crippen molar-refractivity contribution in [2.45, 2.75) is 0 Å². The second-order valence-electron chi connectivity index (χ2n) is 1.23. The Bertz CT molecular complexity index is 155. The van der Waals surface area contributed by atoms with Crippen LogP contribution in [0.5, 0.6) is 0 Å². The molecule has 0 aromatic rings. The standard InChI is InChI=1S/C5H6ClNO3/c6-2-1-3-10-7-4-5(8)9/h1-2,4H,3H2,(H,8,9). The number of carboxylic acids is 1. The van der Waals surface area contributed by atoms with E-state index in [4.69, 9.17) is 16.7 Å². The average molecular weight is 164 g/mol. The Morgan fingerprint density at radius 2 is 2.50 bits per heavy atom. The first-order chi connectivity index (χ1) is 4.77. The van der Waals surface area contributed by atoms with E-state index in [0.29, 0.717) is 6.21 Å². The third-order valence-electron chi connectivity index (χ3n) is 0.498. The minimum atomic E-state index is -1.14. The van der Waals surface area contributed by atoms with Crippen LogP contribution in [0, 0.1) is 0 Å². The van der Waals surface area contributed by atoms with Gasteiger partial charge < -0.3 is 9.94 Å². The van der Waals surface area contributed by atoms with Crippen molar-refractivity contribution < 1.29 is 14.7 Å². The van der Waals surface area contributed by atoms with E-state index >= 15 is 0 Å². The van der Waals surface area contributed by atoms with E-state index in [2.05, 4.69) is 9.99 Å². The highest BCUT2D eigenvalue weighted by Crippen LogP contribution is 1.80. The van der Waals surface area contributed by atoms with Gasteiger partial charge in [0.15, 0.2) is 6.21 Å². The molecule has 0 aliphatic heterocycles. The molecule has 0 aliphatic rings. The lowest BCUT2D eigenvalue weighted by molar-refractivity contribution is -0.129. The van der Waals surface area contributed by atoms with Gasteiger partial charge in [-0.15, -0.1) is 0 Å². The van der Waals surface area contributed by atoms with Crippen LogP contribution in [0.15, 0.2) is 16.8 Å². The summed E-state index contributed by atoms with van der Waals surface area (Å²) in [5.74, 6) is -1.14. The van der Waals surface area contributed by atoms with Crippen molar-refractivity contribution in [3.8, 4) is 0 Å². The summed E-state index contributed by atoms with van der Waals surface area (Å²) in [6, 6.07) is 0. The molecule has 0 unspecified atom stereocenters. The van der Waals surface area contributed by atoms with E-state index in [1.807, 2.05) is 0 Å². The maximum absolute atomic E-state index is 9.76. The SMILES string of the molecule is O=C(O)C=NOCC=CCl. The Morgan fingerprint density at radius 3 is 3.00 bits per heavy atom. The summed E-state index contributed by atoms with van der Waals surface area (Å²) in [5, 5.41) is 11.1. The predicted octanol–water partition coefficient (Wildman–Crippen LogP) is 0.826. The van der Waals surface area contributed by atoms with Gasteiger partial charge in [0.2, 0.25) is 0 Å². The van der Waals surface area contributed by atoms with Gasteiger partial charge in [-0.3, -0.25) is 0 Å². The molecule has 4 nitrogen and oxygen atoms in total. The van der Waals surface area contributed by atoms with Crippen molar-refractivity contribution in [2.75, 3.05) is 6.61 Å². The van der Waals surface area contributed by atoms with Crippen LogP contribution in [0.3, 0.4) is 0 Å². The molecule has 0 atom stereocenters. The molecule has 0 amide bonds. The monoisotopic (exact) mass is 163 g/mol. The third-order valence-corrected chi connectivity index (χ3v) is 0.676. The molecule has 10 heavy (non-hydrogen) atoms. The molecule has 0 heterocycles. The van der Waals surface area contributed by atoms with Crippen LogP contribution in [0.1, 0.15) is 0 Å². The Hall–Kier alpha value is -1.03. The summed E-state index contributed by atoms with van der Waals surface area (Å²) < 4.78 is 0. The van der Waals surface area contributed by atoms with Gasteiger partial charge in [0.25, 0.3) is 0 Å². The van der Waals surface area contributed by atoms with Gasteiger partial charge in [0, 0.05) is 5.54 Å². The summed E-state index contributed by atoms with van der Waals surface area (Å²) in [4.78, 5) is 14.2. The molecule has 0 aromatic heterocycles. The molecular formula is C5H6ClNO3. The fourth-order valence-corrected chi connectivity index (χ4v) is 0.278. The molecule has 0 radical (unpaired) electrons. The minimum absolute atomic E-state index is 0.174. The van der Waals surface area contributed by atoms with Gasteiger partial charge in [-0.1, -0.05) is 16.8 Å². The van der Waals surface area contributed by atoms with Gasteiger partial charge >= 0.3 is 5.97 Å². The minimum Gasteiger partial charge on any atom is -0.477 e. The number of carbonyl (C=O) groups is 1. The average Bonchev–Trinajstić information content (AvgIpc) is 1.87. The van der Waals surface area contributed by atoms with E-state index in [-0.39, 0.29) is 6.61 Å². The normalized spacial score (nSPS) is 10.9. The van der Waals surface area contributed by atoms with Gasteiger partial charge in [-0.2, -0.15) is 0 Å². The third kappa shape index (κ3) is 6.97. The number of rotatable bonds is 4. The van der Waals surface area contributed by atoms with E-state index in [1.54, 1.807) is 0 Å². The number of hydrogen-bond acceptors (Lipinski definition) is 3. The van der Waals surface area contributed by atoms with Gasteiger partial charge in [-0.05, 0) is 6.08 Å². The van der Waals surface area contributed by atoms with Crippen molar-refractivity contribution in [1.29, 1.82) is 0 Å². The Morgan fingerprint density at radius 1 is 1.80 bits per heavy atom. The molecule has 0 bridgehead atoms. The van der Waals surface area contributed by atoms with Crippen LogP contribution in [0.4, 0.5) is 0 Å². The summed E-state index contributed by atoms with van der Waals surface area (Å²) in [6.45, 7) is 0.174. The lowest BCUT2D eigenvalue weighted by atomic mass is 10.7. The number of carboxylic acid groups (broad SMARTS) is 1. The van der Waals surface area contributed by atoms with Crippen molar-refractivity contribution >= 4 is 23.8 Å². The van der Waals surface area contributed by atoms with Crippen LogP contribution in [-0.4, -0.2) is 23.9 Å².